The number of carboxylic acids is 1. The summed E-state index contributed by atoms with van der Waals surface area (Å²) in [5.41, 5.74) is 15.1. The molecule has 3 unspecified atom stereocenters. The second kappa shape index (κ2) is 9.81. The number of carbonyl (C=O) groups excluding carboxylic acids is 3. The Labute approximate surface area is 191 Å². The summed E-state index contributed by atoms with van der Waals surface area (Å²) in [5.74, 6) is -3.15. The fraction of sp³-hybridized carbons (Fsp3) is 0.368. The average molecular weight is 476 g/mol. The number of β-lactam (4-membered cyclic amide) rings is 1. The molecule has 174 valence electrons. The van der Waals surface area contributed by atoms with Crippen LogP contribution >= 0.6 is 11.8 Å². The fourth-order valence-corrected chi connectivity index (χ4v) is 4.74. The Hall–Kier alpha value is -3.74. The summed E-state index contributed by atoms with van der Waals surface area (Å²) in [7, 11) is 0. The number of aromatic hydroxyl groups is 1. The molecule has 5 N–H and O–H groups in total. The van der Waals surface area contributed by atoms with Gasteiger partial charge >= 0.3 is 11.9 Å². The van der Waals surface area contributed by atoms with Gasteiger partial charge in [-0.1, -0.05) is 11.2 Å². The molecule has 0 spiro atoms. The number of nitrogens with one attached hydrogen (secondary N) is 1. The van der Waals surface area contributed by atoms with E-state index in [9.17, 15) is 29.4 Å². The molecule has 33 heavy (non-hydrogen) atoms. The second-order valence-electron chi connectivity index (χ2n) is 7.19. The standard InChI is InChI=1S/C19H20N6O7S/c1-8(26)32-6-11-7-33-18-14(17(29)25(18)15(11)19(30)31)23-16(28)13(20)9-2-3-12(27)10(4-9)5-22-24-21/h2-4,13-14,18,27H,5-7,20H2,1H3,(H,23,28)(H,30,31). The quantitative estimate of drug-likeness (QED) is 0.135. The van der Waals surface area contributed by atoms with E-state index in [1.54, 1.807) is 0 Å². The number of nitrogens with zero attached hydrogens (tertiary/aromatic N) is 4. The Morgan fingerprint density at radius 1 is 1.45 bits per heavy atom. The third-order valence-corrected chi connectivity index (χ3v) is 6.39. The molecule has 13 nitrogen and oxygen atoms in total. The van der Waals surface area contributed by atoms with E-state index in [4.69, 9.17) is 16.0 Å². The Morgan fingerprint density at radius 2 is 2.18 bits per heavy atom. The highest BCUT2D eigenvalue weighted by Crippen LogP contribution is 2.40. The lowest BCUT2D eigenvalue weighted by Crippen LogP contribution is -2.71. The number of phenols is 1. The van der Waals surface area contributed by atoms with Gasteiger partial charge in [-0.25, -0.2) is 4.79 Å². The van der Waals surface area contributed by atoms with E-state index in [0.717, 1.165) is 4.90 Å². The lowest BCUT2D eigenvalue weighted by Gasteiger charge is -2.49. The Kier molecular flexibility index (Phi) is 7.11. The van der Waals surface area contributed by atoms with Crippen molar-refractivity contribution in [2.24, 2.45) is 10.8 Å². The van der Waals surface area contributed by atoms with Crippen LogP contribution in [0.4, 0.5) is 0 Å². The Bertz CT molecular complexity index is 1100. The first-order valence-corrected chi connectivity index (χ1v) is 10.6. The molecule has 2 aliphatic heterocycles. The molecule has 0 aliphatic carbocycles. The SMILES string of the molecule is CC(=O)OCC1=C(C(=O)O)N2C(=O)C(NC(=O)C(N)c3ccc(O)c(CN=[N+]=[N-])c3)C2SC1. The van der Waals surface area contributed by atoms with E-state index in [2.05, 4.69) is 15.3 Å². The maximum Gasteiger partial charge on any atom is 0.352 e. The molecule has 2 heterocycles. The van der Waals surface area contributed by atoms with Crippen molar-refractivity contribution < 1.29 is 34.1 Å². The number of carboxylic acid groups (broad SMARTS) is 1. The number of amides is 2. The number of azide groups is 1. The number of carbonyl (C=O) groups is 4. The van der Waals surface area contributed by atoms with Gasteiger partial charge in [-0.2, -0.15) is 0 Å². The highest BCUT2D eigenvalue weighted by Gasteiger charge is 2.54. The minimum absolute atomic E-state index is 0.125. The molecule has 1 saturated heterocycles. The van der Waals surface area contributed by atoms with Crippen LogP contribution in [0.5, 0.6) is 5.75 Å². The van der Waals surface area contributed by atoms with Crippen LogP contribution < -0.4 is 11.1 Å². The van der Waals surface area contributed by atoms with E-state index in [0.29, 0.717) is 5.56 Å². The van der Waals surface area contributed by atoms with Crippen LogP contribution in [-0.2, 0) is 30.5 Å². The first-order chi connectivity index (χ1) is 15.6. The Balaban J connectivity index is 1.72. The van der Waals surface area contributed by atoms with Crippen molar-refractivity contribution in [1.29, 1.82) is 0 Å². The predicted octanol–water partition coefficient (Wildman–Crippen LogP) is 0.504. The first kappa shape index (κ1) is 23.9. The van der Waals surface area contributed by atoms with Crippen molar-refractivity contribution in [2.75, 3.05) is 12.4 Å². The third-order valence-electron chi connectivity index (χ3n) is 5.05. The van der Waals surface area contributed by atoms with Crippen LogP contribution in [0.2, 0.25) is 0 Å². The number of hydrogen-bond acceptors (Lipinski definition) is 9. The van der Waals surface area contributed by atoms with Gasteiger partial charge in [0.25, 0.3) is 5.91 Å². The van der Waals surface area contributed by atoms with Crippen LogP contribution in [0.1, 0.15) is 24.1 Å². The zero-order valence-electron chi connectivity index (χ0n) is 17.3. The number of fused-ring (bicyclic) bond motifs is 1. The summed E-state index contributed by atoms with van der Waals surface area (Å²) >= 11 is 1.23. The maximum absolute atomic E-state index is 12.7. The first-order valence-electron chi connectivity index (χ1n) is 9.57. The number of thioether (sulfide) groups is 1. The second-order valence-corrected chi connectivity index (χ2v) is 8.29. The van der Waals surface area contributed by atoms with Crippen LogP contribution in [0.3, 0.4) is 0 Å². The van der Waals surface area contributed by atoms with Crippen molar-refractivity contribution in [3.8, 4) is 5.75 Å². The molecular weight excluding hydrogens is 456 g/mol. The monoisotopic (exact) mass is 476 g/mol. The minimum Gasteiger partial charge on any atom is -0.508 e. The van der Waals surface area contributed by atoms with Crippen molar-refractivity contribution in [2.45, 2.75) is 30.9 Å². The fourth-order valence-electron chi connectivity index (χ4n) is 3.41. The van der Waals surface area contributed by atoms with Crippen LogP contribution in [0.25, 0.3) is 10.4 Å². The summed E-state index contributed by atoms with van der Waals surface area (Å²) in [4.78, 5) is 51.8. The number of rotatable bonds is 8. The van der Waals surface area contributed by atoms with Crippen LogP contribution in [0.15, 0.2) is 34.6 Å². The van der Waals surface area contributed by atoms with Gasteiger partial charge in [-0.3, -0.25) is 19.3 Å². The van der Waals surface area contributed by atoms with Gasteiger partial charge in [0.05, 0.1) is 6.54 Å². The van der Waals surface area contributed by atoms with Crippen molar-refractivity contribution in [3.05, 3.63) is 51.0 Å². The minimum atomic E-state index is -1.34. The predicted molar refractivity (Wildman–Crippen MR) is 114 cm³/mol. The molecule has 3 rings (SSSR count). The molecular formula is C19H20N6O7S. The van der Waals surface area contributed by atoms with E-state index in [1.807, 2.05) is 0 Å². The maximum atomic E-state index is 12.7. The molecule has 1 aromatic rings. The number of phenolic OH excluding ortho intramolecular Hbond substituents is 1. The summed E-state index contributed by atoms with van der Waals surface area (Å²) in [6.45, 7) is 0.803. The van der Waals surface area contributed by atoms with E-state index < -0.39 is 41.2 Å². The molecule has 1 aromatic carbocycles. The molecule has 2 amide bonds. The number of benzene rings is 1. The summed E-state index contributed by atoms with van der Waals surface area (Å²) in [6.07, 6.45) is 0. The molecule has 14 heteroatoms. The number of aliphatic carboxylic acids is 1. The molecule has 2 aliphatic rings. The van der Waals surface area contributed by atoms with Gasteiger partial charge < -0.3 is 26.0 Å². The average Bonchev–Trinajstić information content (AvgIpc) is 2.78. The van der Waals surface area contributed by atoms with E-state index in [1.165, 1.54) is 36.9 Å². The topological polar surface area (TPSA) is 208 Å². The number of esters is 1. The van der Waals surface area contributed by atoms with Crippen molar-refractivity contribution >= 4 is 35.5 Å². The normalized spacial score (nSPS) is 20.2. The zero-order chi connectivity index (χ0) is 24.3. The summed E-state index contributed by atoms with van der Waals surface area (Å²) in [5, 5.41) is 24.7. The summed E-state index contributed by atoms with van der Waals surface area (Å²) < 4.78 is 4.88. The molecule has 0 aromatic heterocycles. The number of hydrogen-bond donors (Lipinski definition) is 4. The van der Waals surface area contributed by atoms with E-state index >= 15 is 0 Å². The van der Waals surface area contributed by atoms with Gasteiger partial charge in [-0.05, 0) is 28.8 Å². The molecule has 0 bridgehead atoms. The van der Waals surface area contributed by atoms with Crippen LogP contribution in [-0.4, -0.2) is 62.6 Å². The number of ether oxygens (including phenoxy) is 1. The lowest BCUT2D eigenvalue weighted by atomic mass is 10.00. The van der Waals surface area contributed by atoms with Crippen LogP contribution in [0, 0.1) is 0 Å². The van der Waals surface area contributed by atoms with Gasteiger partial charge in [0.15, 0.2) is 0 Å². The number of nitrogens with two attached hydrogens (primary N) is 1. The summed E-state index contributed by atoms with van der Waals surface area (Å²) in [6, 6.07) is 1.98. The molecule has 3 atom stereocenters. The van der Waals surface area contributed by atoms with Gasteiger partial charge in [0.1, 0.15) is 35.5 Å². The molecule has 1 fully saturated rings. The largest absolute Gasteiger partial charge is 0.508 e. The molecule has 0 radical (unpaired) electrons. The zero-order valence-corrected chi connectivity index (χ0v) is 18.1. The highest BCUT2D eigenvalue weighted by atomic mass is 32.2. The van der Waals surface area contributed by atoms with Gasteiger partial charge in [0.2, 0.25) is 5.91 Å². The highest BCUT2D eigenvalue weighted by molar-refractivity contribution is 8.00. The third kappa shape index (κ3) is 4.87. The Morgan fingerprint density at radius 3 is 2.82 bits per heavy atom. The van der Waals surface area contributed by atoms with E-state index in [-0.39, 0.29) is 41.5 Å². The van der Waals surface area contributed by atoms with Gasteiger partial charge in [-0.15, -0.1) is 11.8 Å². The molecule has 0 saturated carbocycles. The van der Waals surface area contributed by atoms with Crippen molar-refractivity contribution in [1.82, 2.24) is 10.2 Å². The smallest absolute Gasteiger partial charge is 0.352 e. The van der Waals surface area contributed by atoms with Crippen molar-refractivity contribution in [3.63, 3.8) is 0 Å². The van der Waals surface area contributed by atoms with Gasteiger partial charge in [0, 0.05) is 23.2 Å². The lowest BCUT2D eigenvalue weighted by molar-refractivity contribution is -0.151.